The lowest BCUT2D eigenvalue weighted by Gasteiger charge is -2.31. The third kappa shape index (κ3) is 4.41. The molecule has 6 aromatic carbocycles. The first kappa shape index (κ1) is 29.2. The zero-order chi connectivity index (χ0) is 34.3. The Morgan fingerprint density at radius 3 is 1.73 bits per heavy atom. The van der Waals surface area contributed by atoms with Crippen LogP contribution in [0.1, 0.15) is 35.6 Å². The molecule has 0 saturated carbocycles. The number of benzene rings is 6. The minimum atomic E-state index is -0.455. The lowest BCUT2D eigenvalue weighted by molar-refractivity contribution is 0.0948. The van der Waals surface area contributed by atoms with Crippen LogP contribution >= 0.6 is 0 Å². The zero-order valence-corrected chi connectivity index (χ0v) is 27.9. The molecule has 0 radical (unpaired) electrons. The first-order valence-corrected chi connectivity index (χ1v) is 17.0. The van der Waals surface area contributed by atoms with Crippen LogP contribution in [0.5, 0.6) is 0 Å². The van der Waals surface area contributed by atoms with E-state index >= 15 is 0 Å². The van der Waals surface area contributed by atoms with E-state index in [0.29, 0.717) is 23.0 Å². The zero-order valence-electron chi connectivity index (χ0n) is 27.9. The predicted octanol–water partition coefficient (Wildman–Crippen LogP) is 9.65. The standard InChI is InChI=1S/C44H30N6O/c1-44(2)34-21-13-12-20-31(34)42(51)50-38-25-33-32-24-29(22-23-36(32)49(30-18-10-5-11-19-30)37(33)26-35(38)45-43(44)50)41-47-39(27-14-6-3-7-15-27)46-40(48-41)28-16-8-4-9-17-28/h3-26H,1-2H3. The fourth-order valence-electron chi connectivity index (χ4n) is 7.60. The predicted molar refractivity (Wildman–Crippen MR) is 202 cm³/mol. The molecule has 0 fully saturated rings. The Labute approximate surface area is 293 Å². The molecule has 1 aliphatic rings. The van der Waals surface area contributed by atoms with Gasteiger partial charge in [-0.25, -0.2) is 19.9 Å². The summed E-state index contributed by atoms with van der Waals surface area (Å²) in [6.07, 6.45) is 0. The van der Waals surface area contributed by atoms with E-state index in [-0.39, 0.29) is 5.91 Å². The molecule has 0 saturated heterocycles. The second kappa shape index (κ2) is 10.9. The monoisotopic (exact) mass is 658 g/mol. The molecule has 0 N–H and O–H groups in total. The molecule has 7 heteroatoms. The van der Waals surface area contributed by atoms with Gasteiger partial charge in [0.25, 0.3) is 5.91 Å². The highest BCUT2D eigenvalue weighted by Crippen LogP contribution is 2.42. The van der Waals surface area contributed by atoms with Crippen molar-refractivity contribution in [3.8, 4) is 39.9 Å². The maximum Gasteiger partial charge on any atom is 0.264 e. The summed E-state index contributed by atoms with van der Waals surface area (Å²) >= 11 is 0. The second-order valence-corrected chi connectivity index (χ2v) is 13.5. The summed E-state index contributed by atoms with van der Waals surface area (Å²) < 4.78 is 4.09. The Balaban J connectivity index is 1.24. The van der Waals surface area contributed by atoms with Gasteiger partial charge in [-0.3, -0.25) is 9.36 Å². The van der Waals surface area contributed by atoms with Crippen LogP contribution in [0.3, 0.4) is 0 Å². The van der Waals surface area contributed by atoms with Crippen LogP contribution in [0.4, 0.5) is 0 Å². The van der Waals surface area contributed by atoms with Gasteiger partial charge in [0.1, 0.15) is 5.82 Å². The third-order valence-corrected chi connectivity index (χ3v) is 10.1. The number of carbonyl (C=O) groups excluding carboxylic acids is 1. The molecule has 4 heterocycles. The normalized spacial score (nSPS) is 13.5. The van der Waals surface area contributed by atoms with Crippen molar-refractivity contribution < 1.29 is 4.79 Å². The molecular formula is C44H30N6O. The number of hydrogen-bond donors (Lipinski definition) is 0. The Kier molecular flexibility index (Phi) is 6.24. The minimum Gasteiger partial charge on any atom is -0.309 e. The lowest BCUT2D eigenvalue weighted by atomic mass is 9.78. The van der Waals surface area contributed by atoms with E-state index in [4.69, 9.17) is 19.9 Å². The van der Waals surface area contributed by atoms with Gasteiger partial charge in [-0.05, 0) is 67.9 Å². The molecule has 0 bridgehead atoms. The van der Waals surface area contributed by atoms with E-state index in [1.807, 2.05) is 95.6 Å². The van der Waals surface area contributed by atoms with Gasteiger partial charge in [0, 0.05) is 44.1 Å². The second-order valence-electron chi connectivity index (χ2n) is 13.5. The molecule has 0 spiro atoms. The van der Waals surface area contributed by atoms with E-state index in [1.54, 1.807) is 0 Å². The molecule has 51 heavy (non-hydrogen) atoms. The Morgan fingerprint density at radius 1 is 0.490 bits per heavy atom. The Morgan fingerprint density at radius 2 is 1.06 bits per heavy atom. The van der Waals surface area contributed by atoms with Crippen molar-refractivity contribution in [3.05, 3.63) is 163 Å². The van der Waals surface area contributed by atoms with Gasteiger partial charge in [-0.15, -0.1) is 0 Å². The maximum atomic E-state index is 14.1. The molecule has 3 aromatic heterocycles. The number of para-hydroxylation sites is 1. The van der Waals surface area contributed by atoms with Crippen LogP contribution in [0.25, 0.3) is 72.7 Å². The van der Waals surface area contributed by atoms with Gasteiger partial charge in [-0.2, -0.15) is 0 Å². The number of imidazole rings is 1. The Bertz CT molecular complexity index is 2780. The summed E-state index contributed by atoms with van der Waals surface area (Å²) in [4.78, 5) is 34.2. The number of fused-ring (bicyclic) bond motifs is 7. The summed E-state index contributed by atoms with van der Waals surface area (Å²) in [6, 6.07) is 48.9. The lowest BCUT2D eigenvalue weighted by Crippen LogP contribution is -2.35. The van der Waals surface area contributed by atoms with Crippen LogP contribution in [0.15, 0.2) is 146 Å². The van der Waals surface area contributed by atoms with Crippen molar-refractivity contribution in [2.45, 2.75) is 19.3 Å². The molecule has 0 amide bonds. The smallest absolute Gasteiger partial charge is 0.264 e. The molecule has 1 aliphatic heterocycles. The minimum absolute atomic E-state index is 0.0543. The van der Waals surface area contributed by atoms with Gasteiger partial charge in [-0.1, -0.05) is 97.1 Å². The fraction of sp³-hybridized carbons (Fsp3) is 0.0682. The van der Waals surface area contributed by atoms with Crippen molar-refractivity contribution in [1.29, 1.82) is 0 Å². The highest BCUT2D eigenvalue weighted by molar-refractivity contribution is 6.15. The van der Waals surface area contributed by atoms with Gasteiger partial charge in [0.15, 0.2) is 17.5 Å². The van der Waals surface area contributed by atoms with Crippen molar-refractivity contribution in [2.75, 3.05) is 0 Å². The number of carbonyl (C=O) groups is 1. The molecule has 0 unspecified atom stereocenters. The fourth-order valence-corrected chi connectivity index (χ4v) is 7.60. The third-order valence-electron chi connectivity index (χ3n) is 10.1. The summed E-state index contributed by atoms with van der Waals surface area (Å²) in [5.41, 5.74) is 8.60. The highest BCUT2D eigenvalue weighted by Gasteiger charge is 2.39. The summed E-state index contributed by atoms with van der Waals surface area (Å²) in [5, 5.41) is 2.03. The quantitative estimate of drug-likeness (QED) is 0.188. The van der Waals surface area contributed by atoms with Crippen molar-refractivity contribution >= 4 is 38.7 Å². The van der Waals surface area contributed by atoms with E-state index in [1.165, 1.54) is 0 Å². The van der Waals surface area contributed by atoms with E-state index in [2.05, 4.69) is 73.0 Å². The topological polar surface area (TPSA) is 78.5 Å². The van der Waals surface area contributed by atoms with Crippen molar-refractivity contribution in [3.63, 3.8) is 0 Å². The van der Waals surface area contributed by atoms with Crippen LogP contribution in [0.2, 0.25) is 0 Å². The van der Waals surface area contributed by atoms with E-state index in [9.17, 15) is 4.79 Å². The average Bonchev–Trinajstić information content (AvgIpc) is 3.73. The van der Waals surface area contributed by atoms with Gasteiger partial charge >= 0.3 is 0 Å². The summed E-state index contributed by atoms with van der Waals surface area (Å²) in [5.74, 6) is 2.50. The number of hydrogen-bond acceptors (Lipinski definition) is 5. The number of aromatic nitrogens is 6. The van der Waals surface area contributed by atoms with Crippen LogP contribution < -0.4 is 0 Å². The maximum absolute atomic E-state index is 14.1. The van der Waals surface area contributed by atoms with Crippen LogP contribution in [-0.4, -0.2) is 35.0 Å². The van der Waals surface area contributed by atoms with Crippen LogP contribution in [-0.2, 0) is 5.41 Å². The SMILES string of the molecule is CC1(C)c2ccccc2C(=O)n2c1nc1cc3c(cc12)c1cc(-c2nc(-c4ccccc4)nc(-c4ccccc4)n2)ccc1n3-c1ccccc1. The first-order chi connectivity index (χ1) is 25.0. The molecule has 0 atom stereocenters. The van der Waals surface area contributed by atoms with Crippen LogP contribution in [0, 0.1) is 0 Å². The summed E-state index contributed by atoms with van der Waals surface area (Å²) in [6.45, 7) is 4.29. The summed E-state index contributed by atoms with van der Waals surface area (Å²) in [7, 11) is 0. The van der Waals surface area contributed by atoms with Crippen molar-refractivity contribution in [2.24, 2.45) is 0 Å². The molecule has 9 aromatic rings. The molecule has 10 rings (SSSR count). The van der Waals surface area contributed by atoms with Gasteiger partial charge in [0.05, 0.1) is 22.1 Å². The largest absolute Gasteiger partial charge is 0.309 e. The van der Waals surface area contributed by atoms with E-state index in [0.717, 1.165) is 66.6 Å². The average molecular weight is 659 g/mol. The molecular weight excluding hydrogens is 629 g/mol. The first-order valence-electron chi connectivity index (χ1n) is 17.0. The molecule has 7 nitrogen and oxygen atoms in total. The van der Waals surface area contributed by atoms with Gasteiger partial charge < -0.3 is 4.57 Å². The molecule has 242 valence electrons. The van der Waals surface area contributed by atoms with Gasteiger partial charge in [0.2, 0.25) is 0 Å². The number of nitrogens with zero attached hydrogens (tertiary/aromatic N) is 6. The van der Waals surface area contributed by atoms with E-state index < -0.39 is 5.41 Å². The Hall–Kier alpha value is -6.73. The van der Waals surface area contributed by atoms with Crippen molar-refractivity contribution in [1.82, 2.24) is 29.1 Å². The highest BCUT2D eigenvalue weighted by atomic mass is 16.2. The molecule has 0 aliphatic carbocycles. The number of rotatable bonds is 4.